The van der Waals surface area contributed by atoms with Crippen molar-refractivity contribution >= 4 is 35.4 Å². The van der Waals surface area contributed by atoms with E-state index in [0.29, 0.717) is 0 Å². The molecule has 0 aliphatic heterocycles. The molecule has 0 fully saturated rings. The zero-order valence-electron chi connectivity index (χ0n) is 3.13. The summed E-state index contributed by atoms with van der Waals surface area (Å²) in [6.07, 6.45) is 0. The van der Waals surface area contributed by atoms with Gasteiger partial charge in [0, 0.05) is 9.90 Å². The highest BCUT2D eigenvalue weighted by molar-refractivity contribution is 7.43. The van der Waals surface area contributed by atoms with Gasteiger partial charge in [-0.2, -0.15) is 13.5 Å². The van der Waals surface area contributed by atoms with E-state index in [0.717, 1.165) is 25.5 Å². The molecule has 0 saturated carbocycles. The van der Waals surface area contributed by atoms with Crippen LogP contribution in [0.4, 0.5) is 0 Å². The van der Waals surface area contributed by atoms with Crippen molar-refractivity contribution in [2.45, 2.75) is 0 Å². The molecular formula is N3P4. The first-order valence-electron chi connectivity index (χ1n) is 1.20. The highest BCUT2D eigenvalue weighted by Gasteiger charge is 1.64. The first-order valence-corrected chi connectivity index (χ1v) is 3.60. The summed E-state index contributed by atoms with van der Waals surface area (Å²) in [4.78, 5) is 0. The van der Waals surface area contributed by atoms with Crippen molar-refractivity contribution in [1.29, 1.82) is 0 Å². The summed E-state index contributed by atoms with van der Waals surface area (Å²) in [7, 11) is 2.49. The summed E-state index contributed by atoms with van der Waals surface area (Å²) in [5, 5.41) is 0. The summed E-state index contributed by atoms with van der Waals surface area (Å²) in [5.74, 6) is 0. The van der Waals surface area contributed by atoms with Crippen LogP contribution >= 0.6 is 35.4 Å². The maximum absolute atomic E-state index is 3.78. The molecule has 3 radical (unpaired) electrons. The zero-order chi connectivity index (χ0) is 4.24. The van der Waals surface area contributed by atoms with Gasteiger partial charge >= 0.3 is 0 Å². The molecule has 7 heavy (non-hydrogen) atoms. The molecule has 0 aromatic carbocycles. The van der Waals surface area contributed by atoms with Gasteiger partial charge in [0.05, 0.1) is 0 Å². The van der Waals surface area contributed by atoms with E-state index >= 15 is 0 Å². The first kappa shape index (κ1) is 7.73. The van der Waals surface area contributed by atoms with Crippen LogP contribution in [0.15, 0.2) is 0 Å². The standard InChI is InChI=1S/N3P3.P/c1-4-2-6-3-5-1;. The molecule has 0 bridgehead atoms. The van der Waals surface area contributed by atoms with Crippen LogP contribution in [0, 0.1) is 0 Å². The van der Waals surface area contributed by atoms with Gasteiger partial charge in [-0.1, -0.05) is 0 Å². The second kappa shape index (κ2) is 4.88. The van der Waals surface area contributed by atoms with E-state index in [-0.39, 0.29) is 9.90 Å². The third kappa shape index (κ3) is 3.32. The lowest BCUT2D eigenvalue weighted by Crippen LogP contribution is -1.47. The molecule has 1 aromatic rings. The minimum atomic E-state index is 0. The molecule has 1 heterocycles. The van der Waals surface area contributed by atoms with Crippen LogP contribution in [0.25, 0.3) is 0 Å². The van der Waals surface area contributed by atoms with Crippen molar-refractivity contribution in [2.24, 2.45) is 0 Å². The van der Waals surface area contributed by atoms with Gasteiger partial charge < -0.3 is 0 Å². The summed E-state index contributed by atoms with van der Waals surface area (Å²) in [6.45, 7) is 0. The second-order valence-corrected chi connectivity index (χ2v) is 3.22. The lowest BCUT2D eigenvalue weighted by Gasteiger charge is -1.64. The van der Waals surface area contributed by atoms with Crippen molar-refractivity contribution in [2.75, 3.05) is 0 Å². The van der Waals surface area contributed by atoms with E-state index in [4.69, 9.17) is 0 Å². The normalized spacial score (nSPS) is 10.3. The van der Waals surface area contributed by atoms with Crippen LogP contribution in [0.2, 0.25) is 0 Å². The van der Waals surface area contributed by atoms with Gasteiger partial charge in [-0.05, 0) is 0 Å². The SMILES string of the molecule is [P].n1pnpnp1. The van der Waals surface area contributed by atoms with Crippen LogP contribution in [0.1, 0.15) is 0 Å². The lowest BCUT2D eigenvalue weighted by molar-refractivity contribution is 1.69. The van der Waals surface area contributed by atoms with Gasteiger partial charge in [0.25, 0.3) is 0 Å². The van der Waals surface area contributed by atoms with Crippen molar-refractivity contribution < 1.29 is 0 Å². The van der Waals surface area contributed by atoms with E-state index in [1.807, 2.05) is 0 Å². The molecule has 3 nitrogen and oxygen atoms in total. The summed E-state index contributed by atoms with van der Waals surface area (Å²) < 4.78 is 11.3. The van der Waals surface area contributed by atoms with Crippen LogP contribution in [-0.2, 0) is 0 Å². The number of aromatic nitrogens is 3. The molecule has 0 aliphatic carbocycles. The lowest BCUT2D eigenvalue weighted by atomic mass is 13.9. The molecule has 0 spiro atoms. The third-order valence-corrected chi connectivity index (χ3v) is 2.16. The summed E-state index contributed by atoms with van der Waals surface area (Å²) >= 11 is 0. The number of hydrogen-bond acceptors (Lipinski definition) is 3. The largest absolute Gasteiger partial charge is 0.166 e. The zero-order valence-corrected chi connectivity index (χ0v) is 6.71. The molecule has 0 atom stereocenters. The molecule has 0 unspecified atom stereocenters. The Morgan fingerprint density at radius 3 is 1.14 bits per heavy atom. The molecule has 35 valence electrons. The predicted molar refractivity (Wildman–Crippen MR) is 34.3 cm³/mol. The van der Waals surface area contributed by atoms with Gasteiger partial charge in [0.2, 0.25) is 0 Å². The molecular weight excluding hydrogens is 166 g/mol. The van der Waals surface area contributed by atoms with E-state index in [1.54, 1.807) is 0 Å². The smallest absolute Gasteiger partial charge is 0.166 e. The minimum Gasteiger partial charge on any atom is -0.166 e. The quantitative estimate of drug-likeness (QED) is 0.555. The molecule has 0 aliphatic rings. The third-order valence-electron chi connectivity index (χ3n) is 0.240. The Kier molecular flexibility index (Phi) is 5.39. The first-order chi connectivity index (χ1) is 3.00. The van der Waals surface area contributed by atoms with Crippen LogP contribution in [-0.4, -0.2) is 13.5 Å². The molecule has 0 amide bonds. The Hall–Kier alpha value is 0.730. The highest BCUT2D eigenvalue weighted by atomic mass is 31.1. The van der Waals surface area contributed by atoms with Crippen LogP contribution < -0.4 is 0 Å². The van der Waals surface area contributed by atoms with E-state index in [2.05, 4.69) is 13.5 Å². The van der Waals surface area contributed by atoms with E-state index in [1.165, 1.54) is 0 Å². The molecule has 0 saturated heterocycles. The van der Waals surface area contributed by atoms with Crippen LogP contribution in [0.5, 0.6) is 0 Å². The van der Waals surface area contributed by atoms with Gasteiger partial charge in [0.15, 0.2) is 25.5 Å². The fraction of sp³-hybridized carbons (Fsp3) is 0. The number of hydrogen-bond donors (Lipinski definition) is 0. The number of rotatable bonds is 0. The molecule has 7 heteroatoms. The Balaban J connectivity index is 0.000000360. The maximum Gasteiger partial charge on any atom is 0.166 e. The molecule has 1 rings (SSSR count). The van der Waals surface area contributed by atoms with Gasteiger partial charge in [-0.25, -0.2) is 0 Å². The predicted octanol–water partition coefficient (Wildman–Crippen LogP) is 2.47. The number of nitrogens with zero attached hydrogens (tertiary/aromatic N) is 3. The Morgan fingerprint density at radius 1 is 0.714 bits per heavy atom. The van der Waals surface area contributed by atoms with Gasteiger partial charge in [0.1, 0.15) is 0 Å². The summed E-state index contributed by atoms with van der Waals surface area (Å²) in [6, 6.07) is 0. The average Bonchev–Trinajstić information content (AvgIpc) is 1.72. The van der Waals surface area contributed by atoms with Crippen molar-refractivity contribution in [3.8, 4) is 0 Å². The maximum atomic E-state index is 3.78. The minimum absolute atomic E-state index is 0. The van der Waals surface area contributed by atoms with E-state index in [9.17, 15) is 0 Å². The molecule has 0 N–H and O–H groups in total. The Labute approximate surface area is 49.7 Å². The Bertz CT molecular complexity index is 78.9. The monoisotopic (exact) mass is 166 g/mol. The topological polar surface area (TPSA) is 38.7 Å². The van der Waals surface area contributed by atoms with Crippen molar-refractivity contribution in [1.82, 2.24) is 13.5 Å². The van der Waals surface area contributed by atoms with Crippen molar-refractivity contribution in [3.63, 3.8) is 0 Å². The van der Waals surface area contributed by atoms with Crippen molar-refractivity contribution in [3.05, 3.63) is 0 Å². The average molecular weight is 166 g/mol. The molecule has 1 aromatic heterocycles. The van der Waals surface area contributed by atoms with E-state index < -0.39 is 0 Å². The summed E-state index contributed by atoms with van der Waals surface area (Å²) in [5.41, 5.74) is 0. The fourth-order valence-electron chi connectivity index (χ4n) is 0.107. The fourth-order valence-corrected chi connectivity index (χ4v) is 1.93. The van der Waals surface area contributed by atoms with Crippen LogP contribution in [0.3, 0.4) is 0 Å². The Morgan fingerprint density at radius 2 is 1.00 bits per heavy atom. The second-order valence-electron chi connectivity index (χ2n) is 0.537. The van der Waals surface area contributed by atoms with Gasteiger partial charge in [-0.15, -0.1) is 0 Å². The highest BCUT2D eigenvalue weighted by Crippen LogP contribution is 2.01. The van der Waals surface area contributed by atoms with Gasteiger partial charge in [-0.3, -0.25) is 0 Å².